The van der Waals surface area contributed by atoms with Gasteiger partial charge in [-0.15, -0.1) is 0 Å². The van der Waals surface area contributed by atoms with E-state index in [9.17, 15) is 9.59 Å². The third-order valence-corrected chi connectivity index (χ3v) is 5.63. The lowest BCUT2D eigenvalue weighted by molar-refractivity contribution is -0.138. The van der Waals surface area contributed by atoms with Gasteiger partial charge in [-0.1, -0.05) is 0 Å². The predicted octanol–water partition coefficient (Wildman–Crippen LogP) is 1.12. The van der Waals surface area contributed by atoms with E-state index < -0.39 is 0 Å². The number of hydrogen-bond acceptors (Lipinski definition) is 3. The van der Waals surface area contributed by atoms with Crippen molar-refractivity contribution in [3.05, 3.63) is 0 Å². The number of hydrogen-bond donors (Lipinski definition) is 1. The van der Waals surface area contributed by atoms with E-state index in [0.29, 0.717) is 11.9 Å². The first kappa shape index (κ1) is 16.6. The minimum Gasteiger partial charge on any atom is -0.341 e. The molecular formula is C17H30N4O2. The Bertz CT molecular complexity index is 428. The molecule has 1 N–H and O–H groups in total. The van der Waals surface area contributed by atoms with Gasteiger partial charge >= 0.3 is 6.03 Å². The van der Waals surface area contributed by atoms with Crippen LogP contribution in [0.25, 0.3) is 0 Å². The summed E-state index contributed by atoms with van der Waals surface area (Å²) in [5.74, 6) is 0.409. The standard InChI is InChI=1S/C17H30N4O2/c1-18-15-5-4-10-21(13-15)16(22)14-6-11-20(12-7-14)17(23)19-8-2-3-9-19/h14-15,18H,2-13H2,1H3. The number of likely N-dealkylation sites (N-methyl/N-ethyl adjacent to an activating group) is 1. The molecule has 23 heavy (non-hydrogen) atoms. The van der Waals surface area contributed by atoms with Crippen molar-refractivity contribution in [1.82, 2.24) is 20.0 Å². The smallest absolute Gasteiger partial charge is 0.319 e. The molecule has 3 heterocycles. The normalized spacial score (nSPS) is 26.7. The van der Waals surface area contributed by atoms with Crippen molar-refractivity contribution in [2.45, 2.75) is 44.6 Å². The van der Waals surface area contributed by atoms with Gasteiger partial charge in [-0.3, -0.25) is 4.79 Å². The average Bonchev–Trinajstić information content (AvgIpc) is 3.15. The molecule has 0 saturated carbocycles. The molecule has 1 atom stereocenters. The molecule has 0 radical (unpaired) electrons. The van der Waals surface area contributed by atoms with Crippen LogP contribution < -0.4 is 5.32 Å². The minimum atomic E-state index is 0.105. The van der Waals surface area contributed by atoms with E-state index >= 15 is 0 Å². The number of likely N-dealkylation sites (tertiary alicyclic amines) is 3. The molecule has 3 aliphatic rings. The van der Waals surface area contributed by atoms with E-state index in [1.165, 1.54) is 0 Å². The molecule has 1 unspecified atom stereocenters. The molecule has 3 amide bonds. The lowest BCUT2D eigenvalue weighted by atomic mass is 9.94. The summed E-state index contributed by atoms with van der Waals surface area (Å²) in [5.41, 5.74) is 0. The number of rotatable bonds is 2. The largest absolute Gasteiger partial charge is 0.341 e. The van der Waals surface area contributed by atoms with Gasteiger partial charge in [-0.25, -0.2) is 4.79 Å². The highest BCUT2D eigenvalue weighted by Crippen LogP contribution is 2.23. The second kappa shape index (κ2) is 7.51. The van der Waals surface area contributed by atoms with Crippen LogP contribution in [-0.2, 0) is 4.79 Å². The summed E-state index contributed by atoms with van der Waals surface area (Å²) in [6, 6.07) is 0.617. The summed E-state index contributed by atoms with van der Waals surface area (Å²) < 4.78 is 0. The molecule has 0 aromatic heterocycles. The Morgan fingerprint density at radius 3 is 2.09 bits per heavy atom. The van der Waals surface area contributed by atoms with Gasteiger partial charge in [0.05, 0.1) is 0 Å². The van der Waals surface area contributed by atoms with Crippen LogP contribution in [0.15, 0.2) is 0 Å². The van der Waals surface area contributed by atoms with Gasteiger partial charge in [0, 0.05) is 51.2 Å². The summed E-state index contributed by atoms with van der Waals surface area (Å²) in [7, 11) is 1.97. The highest BCUT2D eigenvalue weighted by Gasteiger charge is 2.33. The molecule has 0 spiro atoms. The molecule has 0 bridgehead atoms. The zero-order chi connectivity index (χ0) is 16.2. The lowest BCUT2D eigenvalue weighted by Gasteiger charge is -2.38. The quantitative estimate of drug-likeness (QED) is 0.829. The van der Waals surface area contributed by atoms with Crippen LogP contribution in [0.4, 0.5) is 4.79 Å². The molecule has 130 valence electrons. The fourth-order valence-electron chi connectivity index (χ4n) is 4.10. The summed E-state index contributed by atoms with van der Waals surface area (Å²) in [5, 5.41) is 3.29. The summed E-state index contributed by atoms with van der Waals surface area (Å²) >= 11 is 0. The van der Waals surface area contributed by atoms with Gasteiger partial charge in [-0.05, 0) is 45.6 Å². The Morgan fingerprint density at radius 2 is 1.43 bits per heavy atom. The van der Waals surface area contributed by atoms with E-state index in [1.54, 1.807) is 0 Å². The molecule has 0 aromatic carbocycles. The summed E-state index contributed by atoms with van der Waals surface area (Å²) in [4.78, 5) is 31.1. The van der Waals surface area contributed by atoms with Crippen molar-refractivity contribution in [1.29, 1.82) is 0 Å². The van der Waals surface area contributed by atoms with Crippen LogP contribution in [0.1, 0.15) is 38.5 Å². The number of carbonyl (C=O) groups excluding carboxylic acids is 2. The number of carbonyl (C=O) groups is 2. The van der Waals surface area contributed by atoms with Gasteiger partial charge in [0.2, 0.25) is 5.91 Å². The molecule has 6 heteroatoms. The zero-order valence-corrected chi connectivity index (χ0v) is 14.3. The molecule has 3 aliphatic heterocycles. The number of nitrogens with zero attached hydrogens (tertiary/aromatic N) is 3. The third-order valence-electron chi connectivity index (χ3n) is 5.63. The van der Waals surface area contributed by atoms with Crippen molar-refractivity contribution >= 4 is 11.9 Å². The first-order valence-electron chi connectivity index (χ1n) is 9.19. The van der Waals surface area contributed by atoms with Crippen LogP contribution >= 0.6 is 0 Å². The van der Waals surface area contributed by atoms with Crippen LogP contribution in [0, 0.1) is 5.92 Å². The molecule has 6 nitrogen and oxygen atoms in total. The fourth-order valence-corrected chi connectivity index (χ4v) is 4.10. The molecule has 3 saturated heterocycles. The monoisotopic (exact) mass is 322 g/mol. The maximum Gasteiger partial charge on any atom is 0.319 e. The first-order chi connectivity index (χ1) is 11.2. The highest BCUT2D eigenvalue weighted by atomic mass is 16.2. The Kier molecular flexibility index (Phi) is 5.41. The number of piperidine rings is 2. The lowest BCUT2D eigenvalue weighted by Crippen LogP contribution is -2.51. The highest BCUT2D eigenvalue weighted by molar-refractivity contribution is 5.80. The second-order valence-corrected chi connectivity index (χ2v) is 7.15. The van der Waals surface area contributed by atoms with Gasteiger partial charge in [0.1, 0.15) is 0 Å². The Labute approximate surface area is 139 Å². The second-order valence-electron chi connectivity index (χ2n) is 7.15. The SMILES string of the molecule is CNC1CCCN(C(=O)C2CCN(C(=O)N3CCCC3)CC2)C1. The Morgan fingerprint density at radius 1 is 0.826 bits per heavy atom. The van der Waals surface area contributed by atoms with Gasteiger partial charge in [-0.2, -0.15) is 0 Å². The third kappa shape index (κ3) is 3.79. The van der Waals surface area contributed by atoms with Crippen molar-refractivity contribution in [3.8, 4) is 0 Å². The minimum absolute atomic E-state index is 0.105. The zero-order valence-electron chi connectivity index (χ0n) is 14.3. The van der Waals surface area contributed by atoms with Crippen LogP contribution in [0.3, 0.4) is 0 Å². The molecule has 0 aromatic rings. The van der Waals surface area contributed by atoms with Crippen molar-refractivity contribution in [3.63, 3.8) is 0 Å². The summed E-state index contributed by atoms with van der Waals surface area (Å²) in [6.45, 7) is 4.99. The van der Waals surface area contributed by atoms with Gasteiger partial charge < -0.3 is 20.0 Å². The predicted molar refractivity (Wildman–Crippen MR) is 89.2 cm³/mol. The van der Waals surface area contributed by atoms with Gasteiger partial charge in [0.15, 0.2) is 0 Å². The molecule has 0 aliphatic carbocycles. The Hall–Kier alpha value is -1.30. The molecule has 3 fully saturated rings. The maximum absolute atomic E-state index is 12.7. The van der Waals surface area contributed by atoms with Crippen LogP contribution in [-0.4, -0.2) is 79.0 Å². The van der Waals surface area contributed by atoms with E-state index in [2.05, 4.69) is 5.32 Å². The topological polar surface area (TPSA) is 55.9 Å². The Balaban J connectivity index is 1.48. The van der Waals surface area contributed by atoms with E-state index in [4.69, 9.17) is 0 Å². The fraction of sp³-hybridized carbons (Fsp3) is 0.882. The van der Waals surface area contributed by atoms with E-state index in [0.717, 1.165) is 77.8 Å². The average molecular weight is 322 g/mol. The van der Waals surface area contributed by atoms with Crippen LogP contribution in [0.5, 0.6) is 0 Å². The number of urea groups is 1. The van der Waals surface area contributed by atoms with E-state index in [1.807, 2.05) is 21.7 Å². The molecule has 3 rings (SSSR count). The number of amides is 3. The van der Waals surface area contributed by atoms with Gasteiger partial charge in [0.25, 0.3) is 0 Å². The van der Waals surface area contributed by atoms with Crippen molar-refractivity contribution in [2.24, 2.45) is 5.92 Å². The van der Waals surface area contributed by atoms with Crippen LogP contribution in [0.2, 0.25) is 0 Å². The molecular weight excluding hydrogens is 292 g/mol. The van der Waals surface area contributed by atoms with Crippen molar-refractivity contribution in [2.75, 3.05) is 46.3 Å². The first-order valence-corrected chi connectivity index (χ1v) is 9.19. The number of nitrogens with one attached hydrogen (secondary N) is 1. The van der Waals surface area contributed by atoms with Crippen molar-refractivity contribution < 1.29 is 9.59 Å². The maximum atomic E-state index is 12.7. The summed E-state index contributed by atoms with van der Waals surface area (Å²) in [6.07, 6.45) is 6.13. The van der Waals surface area contributed by atoms with E-state index in [-0.39, 0.29) is 11.9 Å².